The van der Waals surface area contributed by atoms with Gasteiger partial charge >= 0.3 is 0 Å². The number of hydrogen-bond acceptors (Lipinski definition) is 1. The maximum atomic E-state index is 10.3. The highest BCUT2D eigenvalue weighted by atomic mass is 16.1. The molecule has 1 saturated carbocycles. The average molecular weight is 209 g/mol. The van der Waals surface area contributed by atoms with Crippen molar-refractivity contribution in [3.05, 3.63) is 12.2 Å². The van der Waals surface area contributed by atoms with Gasteiger partial charge in [-0.15, -0.1) is 0 Å². The van der Waals surface area contributed by atoms with E-state index in [1.807, 2.05) is 13.8 Å². The van der Waals surface area contributed by atoms with Crippen LogP contribution in [0.1, 0.15) is 46.0 Å². The molecule has 2 bridgehead atoms. The summed E-state index contributed by atoms with van der Waals surface area (Å²) in [6.07, 6.45) is 11.1. The number of carbonyl (C=O) groups excluding carboxylic acids is 1. The third-order valence-electron chi connectivity index (χ3n) is 3.38. The molecule has 0 aromatic rings. The summed E-state index contributed by atoms with van der Waals surface area (Å²) in [5.74, 6) is 1.85. The molecule has 3 atom stereocenters. The summed E-state index contributed by atoms with van der Waals surface area (Å²) in [7, 11) is 0. The van der Waals surface area contributed by atoms with Crippen molar-refractivity contribution in [2.45, 2.75) is 46.0 Å². The van der Waals surface area contributed by atoms with E-state index < -0.39 is 0 Å². The molecular formula is C13H23NO. The molecule has 1 fully saturated rings. The van der Waals surface area contributed by atoms with E-state index in [4.69, 9.17) is 5.73 Å². The highest BCUT2D eigenvalue weighted by Crippen LogP contribution is 2.38. The fraction of sp³-hybridized carbons (Fsp3) is 0.769. The summed E-state index contributed by atoms with van der Waals surface area (Å²) in [5.41, 5.74) is 4.98. The van der Waals surface area contributed by atoms with Crippen molar-refractivity contribution in [2.24, 2.45) is 23.5 Å². The predicted molar refractivity (Wildman–Crippen MR) is 63.2 cm³/mol. The summed E-state index contributed by atoms with van der Waals surface area (Å²) in [5, 5.41) is 0. The normalized spacial score (nSPS) is 28.4. The Labute approximate surface area is 92.9 Å². The van der Waals surface area contributed by atoms with E-state index >= 15 is 0 Å². The fourth-order valence-corrected chi connectivity index (χ4v) is 2.29. The lowest BCUT2D eigenvalue weighted by Crippen LogP contribution is -2.19. The van der Waals surface area contributed by atoms with Crippen LogP contribution in [-0.4, -0.2) is 5.91 Å². The zero-order chi connectivity index (χ0) is 11.3. The van der Waals surface area contributed by atoms with Crippen LogP contribution in [0.15, 0.2) is 12.2 Å². The molecule has 0 aromatic heterocycles. The Kier molecular flexibility index (Phi) is 4.86. The first kappa shape index (κ1) is 12.3. The number of amides is 1. The molecule has 0 saturated heterocycles. The van der Waals surface area contributed by atoms with Gasteiger partial charge in [-0.1, -0.05) is 32.4 Å². The monoisotopic (exact) mass is 209 g/mol. The van der Waals surface area contributed by atoms with Crippen LogP contribution in [0.4, 0.5) is 0 Å². The van der Waals surface area contributed by atoms with Gasteiger partial charge in [0.25, 0.3) is 0 Å². The van der Waals surface area contributed by atoms with Gasteiger partial charge in [0.2, 0.25) is 5.91 Å². The Balaban J connectivity index is 0.000000150. The van der Waals surface area contributed by atoms with Crippen molar-refractivity contribution in [1.82, 2.24) is 0 Å². The zero-order valence-corrected chi connectivity index (χ0v) is 9.91. The quantitative estimate of drug-likeness (QED) is 0.714. The third kappa shape index (κ3) is 4.06. The molecule has 3 unspecified atom stereocenters. The van der Waals surface area contributed by atoms with Gasteiger partial charge in [0, 0.05) is 5.92 Å². The van der Waals surface area contributed by atoms with E-state index in [2.05, 4.69) is 12.2 Å². The van der Waals surface area contributed by atoms with Crippen LogP contribution >= 0.6 is 0 Å². The third-order valence-corrected chi connectivity index (χ3v) is 3.38. The standard InChI is InChI=1S/C7H10.C6H13NO/c1-2-7-4-3-6(1)5-7;1-3-4-5(2)6(7)8/h1-2,6-7H,3-5H2;5H,3-4H2,1-2H3,(H2,7,8). The van der Waals surface area contributed by atoms with Gasteiger partial charge in [-0.05, 0) is 37.5 Å². The van der Waals surface area contributed by atoms with Crippen LogP contribution in [-0.2, 0) is 4.79 Å². The highest BCUT2D eigenvalue weighted by Gasteiger charge is 2.25. The van der Waals surface area contributed by atoms with E-state index in [9.17, 15) is 4.79 Å². The molecule has 2 aliphatic carbocycles. The number of carbonyl (C=O) groups is 1. The number of fused-ring (bicyclic) bond motifs is 2. The SMILES string of the molecule is C1=CC2CCC1C2.CCCC(C)C(N)=O. The van der Waals surface area contributed by atoms with Gasteiger partial charge in [-0.2, -0.15) is 0 Å². The molecule has 2 aliphatic rings. The first-order chi connectivity index (χ1) is 7.13. The largest absolute Gasteiger partial charge is 0.369 e. The first-order valence-electron chi connectivity index (χ1n) is 6.11. The summed E-state index contributed by atoms with van der Waals surface area (Å²) in [4.78, 5) is 10.3. The lowest BCUT2D eigenvalue weighted by atomic mass is 10.1. The summed E-state index contributed by atoms with van der Waals surface area (Å²) in [6.45, 7) is 3.89. The Morgan fingerprint density at radius 2 is 1.93 bits per heavy atom. The van der Waals surface area contributed by atoms with Gasteiger partial charge in [0.1, 0.15) is 0 Å². The summed E-state index contributed by atoms with van der Waals surface area (Å²) < 4.78 is 0. The minimum Gasteiger partial charge on any atom is -0.369 e. The van der Waals surface area contributed by atoms with Gasteiger partial charge in [-0.3, -0.25) is 4.79 Å². The van der Waals surface area contributed by atoms with Crippen molar-refractivity contribution in [3.8, 4) is 0 Å². The molecule has 2 N–H and O–H groups in total. The van der Waals surface area contributed by atoms with Crippen molar-refractivity contribution < 1.29 is 4.79 Å². The zero-order valence-electron chi connectivity index (χ0n) is 9.91. The highest BCUT2D eigenvalue weighted by molar-refractivity contribution is 5.76. The second-order valence-corrected chi connectivity index (χ2v) is 4.81. The molecule has 2 heteroatoms. The molecule has 0 aliphatic heterocycles. The van der Waals surface area contributed by atoms with Crippen molar-refractivity contribution in [3.63, 3.8) is 0 Å². The maximum absolute atomic E-state index is 10.3. The Hall–Kier alpha value is -0.790. The van der Waals surface area contributed by atoms with Gasteiger partial charge < -0.3 is 5.73 Å². The van der Waals surface area contributed by atoms with Crippen molar-refractivity contribution in [2.75, 3.05) is 0 Å². The van der Waals surface area contributed by atoms with Crippen LogP contribution in [0.2, 0.25) is 0 Å². The predicted octanol–water partition coefficient (Wildman–Crippen LogP) is 2.88. The average Bonchev–Trinajstić information content (AvgIpc) is 2.82. The van der Waals surface area contributed by atoms with Gasteiger partial charge in [0.15, 0.2) is 0 Å². The van der Waals surface area contributed by atoms with E-state index in [0.717, 1.165) is 24.7 Å². The maximum Gasteiger partial charge on any atom is 0.220 e. The number of rotatable bonds is 3. The molecule has 1 amide bonds. The van der Waals surface area contributed by atoms with Crippen molar-refractivity contribution in [1.29, 1.82) is 0 Å². The van der Waals surface area contributed by atoms with Crippen LogP contribution in [0.25, 0.3) is 0 Å². The molecule has 0 heterocycles. The lowest BCUT2D eigenvalue weighted by molar-refractivity contribution is -0.121. The molecule has 2 rings (SSSR count). The number of allylic oxidation sites excluding steroid dienone is 2. The minimum atomic E-state index is -0.188. The number of primary amides is 1. The Bertz CT molecular complexity index is 223. The molecule has 15 heavy (non-hydrogen) atoms. The van der Waals surface area contributed by atoms with Crippen LogP contribution in [0.5, 0.6) is 0 Å². The van der Waals surface area contributed by atoms with Crippen LogP contribution in [0.3, 0.4) is 0 Å². The van der Waals surface area contributed by atoms with E-state index in [1.54, 1.807) is 0 Å². The van der Waals surface area contributed by atoms with E-state index in [1.165, 1.54) is 19.3 Å². The lowest BCUT2D eigenvalue weighted by Gasteiger charge is -2.01. The Morgan fingerprint density at radius 1 is 1.40 bits per heavy atom. The fourth-order valence-electron chi connectivity index (χ4n) is 2.29. The van der Waals surface area contributed by atoms with Gasteiger partial charge in [0.05, 0.1) is 0 Å². The minimum absolute atomic E-state index is 0.0556. The second-order valence-electron chi connectivity index (χ2n) is 4.81. The number of hydrogen-bond donors (Lipinski definition) is 1. The second kappa shape index (κ2) is 5.94. The molecule has 2 nitrogen and oxygen atoms in total. The van der Waals surface area contributed by atoms with Gasteiger partial charge in [-0.25, -0.2) is 0 Å². The summed E-state index contributed by atoms with van der Waals surface area (Å²) >= 11 is 0. The van der Waals surface area contributed by atoms with Crippen molar-refractivity contribution >= 4 is 5.91 Å². The number of nitrogens with two attached hydrogens (primary N) is 1. The molecular weight excluding hydrogens is 186 g/mol. The van der Waals surface area contributed by atoms with E-state index in [0.29, 0.717) is 0 Å². The smallest absolute Gasteiger partial charge is 0.220 e. The van der Waals surface area contributed by atoms with Crippen LogP contribution < -0.4 is 5.73 Å². The first-order valence-corrected chi connectivity index (χ1v) is 6.11. The molecule has 0 spiro atoms. The Morgan fingerprint density at radius 3 is 2.07 bits per heavy atom. The molecule has 0 radical (unpaired) electrons. The molecule has 0 aromatic carbocycles. The van der Waals surface area contributed by atoms with Crippen LogP contribution in [0, 0.1) is 17.8 Å². The molecule has 86 valence electrons. The topological polar surface area (TPSA) is 43.1 Å². The van der Waals surface area contributed by atoms with E-state index in [-0.39, 0.29) is 11.8 Å². The summed E-state index contributed by atoms with van der Waals surface area (Å²) in [6, 6.07) is 0.